The topological polar surface area (TPSA) is 83.1 Å². The second kappa shape index (κ2) is 5.15. The molecule has 0 amide bonds. The van der Waals surface area contributed by atoms with E-state index >= 15 is 0 Å². The summed E-state index contributed by atoms with van der Waals surface area (Å²) < 4.78 is 5.23. The Morgan fingerprint density at radius 2 is 2.22 bits per heavy atom. The highest BCUT2D eigenvalue weighted by Gasteiger charge is 2.05. The molecule has 1 aromatic carbocycles. The summed E-state index contributed by atoms with van der Waals surface area (Å²) in [4.78, 5) is 21.9. The van der Waals surface area contributed by atoms with Gasteiger partial charge in [-0.1, -0.05) is 0 Å². The van der Waals surface area contributed by atoms with Gasteiger partial charge in [0.25, 0.3) is 0 Å². The first kappa shape index (κ1) is 11.9. The number of nitriles is 1. The molecule has 0 unspecified atom stereocenters. The third kappa shape index (κ3) is 2.38. The van der Waals surface area contributed by atoms with E-state index in [0.717, 1.165) is 18.0 Å². The van der Waals surface area contributed by atoms with E-state index in [2.05, 4.69) is 5.32 Å². The Bertz CT molecular complexity index is 683. The molecule has 0 aliphatic carbocycles. The number of rotatable bonds is 4. The normalized spacial score (nSPS) is 9.94. The van der Waals surface area contributed by atoms with Crippen molar-refractivity contribution in [3.63, 3.8) is 0 Å². The fraction of sp³-hybridized carbons (Fsp3) is 0.154. The lowest BCUT2D eigenvalue weighted by Crippen LogP contribution is -2.04. The van der Waals surface area contributed by atoms with Crippen LogP contribution in [0.1, 0.15) is 12.2 Å². The molecule has 0 radical (unpaired) electrons. The zero-order valence-corrected chi connectivity index (χ0v) is 9.47. The first-order valence-corrected chi connectivity index (χ1v) is 5.40. The van der Waals surface area contributed by atoms with Gasteiger partial charge >= 0.3 is 0 Å². The molecular formula is C13H10N2O3. The molecule has 0 saturated carbocycles. The molecular weight excluding hydrogens is 232 g/mol. The summed E-state index contributed by atoms with van der Waals surface area (Å²) in [5.41, 5.74) is 0.855. The van der Waals surface area contributed by atoms with Gasteiger partial charge in [0.15, 0.2) is 5.43 Å². The molecule has 18 heavy (non-hydrogen) atoms. The van der Waals surface area contributed by atoms with Gasteiger partial charge in [0.05, 0.1) is 5.39 Å². The molecule has 90 valence electrons. The Morgan fingerprint density at radius 3 is 2.94 bits per heavy atom. The quantitative estimate of drug-likeness (QED) is 0.651. The van der Waals surface area contributed by atoms with Gasteiger partial charge < -0.3 is 14.5 Å². The third-order valence-corrected chi connectivity index (χ3v) is 2.43. The molecule has 2 rings (SSSR count). The van der Waals surface area contributed by atoms with Crippen molar-refractivity contribution in [2.45, 2.75) is 6.42 Å². The number of carbonyl (C=O) groups excluding carboxylic acids is 1. The van der Waals surface area contributed by atoms with Crippen LogP contribution in [-0.2, 0) is 4.79 Å². The van der Waals surface area contributed by atoms with Crippen LogP contribution < -0.4 is 10.7 Å². The van der Waals surface area contributed by atoms with E-state index in [1.165, 1.54) is 0 Å². The number of fused-ring (bicyclic) bond motifs is 1. The maximum absolute atomic E-state index is 11.7. The first-order valence-electron chi connectivity index (χ1n) is 5.40. The van der Waals surface area contributed by atoms with Crippen molar-refractivity contribution in [2.75, 3.05) is 11.9 Å². The summed E-state index contributed by atoms with van der Waals surface area (Å²) in [6.45, 7) is 0.511. The maximum Gasteiger partial charge on any atom is 0.207 e. The van der Waals surface area contributed by atoms with Crippen molar-refractivity contribution in [3.05, 3.63) is 40.2 Å². The van der Waals surface area contributed by atoms with Gasteiger partial charge in [0.1, 0.15) is 17.9 Å². The van der Waals surface area contributed by atoms with Crippen LogP contribution in [0.2, 0.25) is 0 Å². The molecule has 5 heteroatoms. The van der Waals surface area contributed by atoms with Crippen LogP contribution in [0.15, 0.2) is 33.5 Å². The van der Waals surface area contributed by atoms with E-state index in [9.17, 15) is 9.59 Å². The minimum Gasteiger partial charge on any atom is -0.445 e. The van der Waals surface area contributed by atoms with Crippen molar-refractivity contribution in [1.82, 2.24) is 0 Å². The van der Waals surface area contributed by atoms with E-state index in [1.807, 2.05) is 0 Å². The Labute approximate surface area is 103 Å². The van der Waals surface area contributed by atoms with Gasteiger partial charge in [0, 0.05) is 24.7 Å². The zero-order valence-electron chi connectivity index (χ0n) is 9.47. The van der Waals surface area contributed by atoms with Crippen LogP contribution in [0, 0.1) is 11.3 Å². The highest BCUT2D eigenvalue weighted by atomic mass is 16.3. The van der Waals surface area contributed by atoms with Crippen molar-refractivity contribution in [2.24, 2.45) is 0 Å². The molecule has 0 atom stereocenters. The summed E-state index contributed by atoms with van der Waals surface area (Å²) in [6.07, 6.45) is 1.22. The van der Waals surface area contributed by atoms with Gasteiger partial charge in [-0.25, -0.2) is 0 Å². The Balaban J connectivity index is 2.40. The van der Waals surface area contributed by atoms with Crippen LogP contribution in [0.4, 0.5) is 5.69 Å². The molecule has 0 spiro atoms. The molecule has 0 aliphatic heterocycles. The SMILES string of the molecule is N#Cc1cc(=O)c2cc(NCCC=O)ccc2o1. The largest absolute Gasteiger partial charge is 0.445 e. The second-order valence-corrected chi connectivity index (χ2v) is 3.68. The number of benzene rings is 1. The summed E-state index contributed by atoms with van der Waals surface area (Å²) in [6, 6.07) is 7.96. The fourth-order valence-electron chi connectivity index (χ4n) is 1.60. The van der Waals surface area contributed by atoms with Crippen molar-refractivity contribution in [3.8, 4) is 6.07 Å². The Morgan fingerprint density at radius 1 is 1.39 bits per heavy atom. The van der Waals surface area contributed by atoms with Crippen molar-refractivity contribution < 1.29 is 9.21 Å². The Hall–Kier alpha value is -2.61. The lowest BCUT2D eigenvalue weighted by molar-refractivity contribution is -0.107. The van der Waals surface area contributed by atoms with E-state index < -0.39 is 0 Å². The molecule has 0 bridgehead atoms. The number of anilines is 1. The predicted molar refractivity (Wildman–Crippen MR) is 66.4 cm³/mol. The number of hydrogen-bond acceptors (Lipinski definition) is 5. The van der Waals surface area contributed by atoms with Gasteiger partial charge in [-0.2, -0.15) is 5.26 Å². The predicted octanol–water partition coefficient (Wildman–Crippen LogP) is 1.67. The molecule has 0 saturated heterocycles. The summed E-state index contributed by atoms with van der Waals surface area (Å²) in [7, 11) is 0. The molecule has 0 aliphatic rings. The number of nitrogens with one attached hydrogen (secondary N) is 1. The van der Waals surface area contributed by atoms with Crippen molar-refractivity contribution >= 4 is 22.9 Å². The fourth-order valence-corrected chi connectivity index (χ4v) is 1.60. The summed E-state index contributed by atoms with van der Waals surface area (Å²) in [5.74, 6) is -0.00540. The monoisotopic (exact) mass is 242 g/mol. The molecule has 1 N–H and O–H groups in total. The summed E-state index contributed by atoms with van der Waals surface area (Å²) in [5, 5.41) is 12.1. The molecule has 1 aromatic heterocycles. The van der Waals surface area contributed by atoms with Crippen molar-refractivity contribution in [1.29, 1.82) is 5.26 Å². The average Bonchev–Trinajstić information content (AvgIpc) is 2.39. The average molecular weight is 242 g/mol. The number of nitrogens with zero attached hydrogens (tertiary/aromatic N) is 1. The number of carbonyl (C=O) groups is 1. The molecule has 0 fully saturated rings. The van der Waals surface area contributed by atoms with Crippen LogP contribution in [0.25, 0.3) is 11.0 Å². The highest BCUT2D eigenvalue weighted by molar-refractivity contribution is 5.80. The highest BCUT2D eigenvalue weighted by Crippen LogP contribution is 2.17. The number of hydrogen-bond donors (Lipinski definition) is 1. The second-order valence-electron chi connectivity index (χ2n) is 3.68. The Kier molecular flexibility index (Phi) is 3.39. The molecule has 1 heterocycles. The maximum atomic E-state index is 11.7. The minimum absolute atomic E-state index is 0.00540. The van der Waals surface area contributed by atoms with E-state index in [4.69, 9.17) is 9.68 Å². The summed E-state index contributed by atoms with van der Waals surface area (Å²) >= 11 is 0. The van der Waals surface area contributed by atoms with Crippen LogP contribution in [0.3, 0.4) is 0 Å². The van der Waals surface area contributed by atoms with E-state index in [0.29, 0.717) is 23.9 Å². The standard InChI is InChI=1S/C13H10N2O3/c14-8-10-7-12(17)11-6-9(15-4-1-5-16)2-3-13(11)18-10/h2-3,5-7,15H,1,4H2. The van der Waals surface area contributed by atoms with Gasteiger partial charge in [-0.3, -0.25) is 4.79 Å². The molecule has 5 nitrogen and oxygen atoms in total. The van der Waals surface area contributed by atoms with Gasteiger partial charge in [-0.15, -0.1) is 0 Å². The lowest BCUT2D eigenvalue weighted by atomic mass is 10.2. The third-order valence-electron chi connectivity index (χ3n) is 2.43. The van der Waals surface area contributed by atoms with Gasteiger partial charge in [-0.05, 0) is 18.2 Å². The van der Waals surface area contributed by atoms with Gasteiger partial charge in [0.2, 0.25) is 5.76 Å². The minimum atomic E-state index is -0.258. The van der Waals surface area contributed by atoms with E-state index in [1.54, 1.807) is 24.3 Å². The van der Waals surface area contributed by atoms with Crippen LogP contribution in [-0.4, -0.2) is 12.8 Å². The van der Waals surface area contributed by atoms with Crippen LogP contribution in [0.5, 0.6) is 0 Å². The van der Waals surface area contributed by atoms with E-state index in [-0.39, 0.29) is 11.2 Å². The lowest BCUT2D eigenvalue weighted by Gasteiger charge is -2.05. The number of aldehydes is 1. The molecule has 2 aromatic rings. The zero-order chi connectivity index (χ0) is 13.0. The van der Waals surface area contributed by atoms with Crippen LogP contribution >= 0.6 is 0 Å². The first-order chi connectivity index (χ1) is 8.74. The smallest absolute Gasteiger partial charge is 0.207 e.